The van der Waals surface area contributed by atoms with Crippen molar-refractivity contribution in [2.45, 2.75) is 30.5 Å². The third-order valence-electron chi connectivity index (χ3n) is 2.95. The molecule has 0 radical (unpaired) electrons. The molecule has 2 aromatic carbocycles. The van der Waals surface area contributed by atoms with Gasteiger partial charge in [0.1, 0.15) is 5.82 Å². The van der Waals surface area contributed by atoms with E-state index in [0.29, 0.717) is 4.90 Å². The standard InChI is InChI=1S/C16H18FNS/c1-11-5-3-6-13(9-11)10-19-16-14(12(2)18)7-4-8-15(16)17/h3-9,12H,10,18H2,1-2H3/t12-/m1/s1. The molecule has 100 valence electrons. The molecule has 2 N–H and O–H groups in total. The van der Waals surface area contributed by atoms with Gasteiger partial charge < -0.3 is 5.73 Å². The van der Waals surface area contributed by atoms with E-state index in [0.717, 1.165) is 11.3 Å². The van der Waals surface area contributed by atoms with Crippen molar-refractivity contribution in [3.63, 3.8) is 0 Å². The van der Waals surface area contributed by atoms with Gasteiger partial charge in [-0.1, -0.05) is 42.0 Å². The summed E-state index contributed by atoms with van der Waals surface area (Å²) in [5.74, 6) is 0.565. The van der Waals surface area contributed by atoms with Crippen molar-refractivity contribution >= 4 is 11.8 Å². The first-order valence-electron chi connectivity index (χ1n) is 6.30. The van der Waals surface area contributed by atoms with Gasteiger partial charge in [0.15, 0.2) is 0 Å². The minimum absolute atomic E-state index is 0.157. The van der Waals surface area contributed by atoms with Crippen LogP contribution in [0.3, 0.4) is 0 Å². The van der Waals surface area contributed by atoms with Gasteiger partial charge >= 0.3 is 0 Å². The van der Waals surface area contributed by atoms with Crippen molar-refractivity contribution < 1.29 is 4.39 Å². The molecule has 0 aliphatic carbocycles. The van der Waals surface area contributed by atoms with Crippen LogP contribution in [0.5, 0.6) is 0 Å². The number of rotatable bonds is 4. The van der Waals surface area contributed by atoms with Gasteiger partial charge in [-0.05, 0) is 31.0 Å². The van der Waals surface area contributed by atoms with Crippen LogP contribution in [0.15, 0.2) is 47.4 Å². The smallest absolute Gasteiger partial charge is 0.137 e. The zero-order valence-electron chi connectivity index (χ0n) is 11.2. The number of hydrogen-bond donors (Lipinski definition) is 1. The molecule has 19 heavy (non-hydrogen) atoms. The van der Waals surface area contributed by atoms with Gasteiger partial charge in [-0.2, -0.15) is 0 Å². The molecule has 0 aliphatic heterocycles. The highest BCUT2D eigenvalue weighted by molar-refractivity contribution is 7.98. The van der Waals surface area contributed by atoms with Gasteiger partial charge in [-0.15, -0.1) is 11.8 Å². The van der Waals surface area contributed by atoms with Gasteiger partial charge in [-0.3, -0.25) is 0 Å². The fraction of sp³-hybridized carbons (Fsp3) is 0.250. The number of hydrogen-bond acceptors (Lipinski definition) is 2. The molecule has 3 heteroatoms. The second-order valence-electron chi connectivity index (χ2n) is 4.72. The molecule has 2 rings (SSSR count). The molecule has 0 spiro atoms. The average Bonchev–Trinajstić information content (AvgIpc) is 2.37. The fourth-order valence-corrected chi connectivity index (χ4v) is 3.11. The second kappa shape index (κ2) is 6.22. The van der Waals surface area contributed by atoms with Crippen LogP contribution >= 0.6 is 11.8 Å². The van der Waals surface area contributed by atoms with E-state index in [-0.39, 0.29) is 11.9 Å². The Kier molecular flexibility index (Phi) is 4.61. The van der Waals surface area contributed by atoms with Crippen molar-refractivity contribution in [3.05, 3.63) is 65.0 Å². The maximum Gasteiger partial charge on any atom is 0.137 e. The Bertz CT molecular complexity index is 566. The summed E-state index contributed by atoms with van der Waals surface area (Å²) in [7, 11) is 0. The lowest BCUT2D eigenvalue weighted by molar-refractivity contribution is 0.591. The van der Waals surface area contributed by atoms with Gasteiger partial charge in [0.2, 0.25) is 0 Å². The maximum atomic E-state index is 13.9. The molecule has 0 bridgehead atoms. The summed E-state index contributed by atoms with van der Waals surface area (Å²) in [6, 6.07) is 13.2. The number of nitrogens with two attached hydrogens (primary N) is 1. The van der Waals surface area contributed by atoms with E-state index >= 15 is 0 Å². The highest BCUT2D eigenvalue weighted by atomic mass is 32.2. The van der Waals surface area contributed by atoms with Crippen LogP contribution < -0.4 is 5.73 Å². The minimum Gasteiger partial charge on any atom is -0.324 e. The Morgan fingerprint density at radius 2 is 1.95 bits per heavy atom. The summed E-state index contributed by atoms with van der Waals surface area (Å²) in [6.45, 7) is 3.94. The Morgan fingerprint density at radius 1 is 1.21 bits per heavy atom. The van der Waals surface area contributed by atoms with E-state index in [9.17, 15) is 4.39 Å². The zero-order chi connectivity index (χ0) is 13.8. The Hall–Kier alpha value is -1.32. The first-order chi connectivity index (χ1) is 9.08. The van der Waals surface area contributed by atoms with Crippen LogP contribution in [-0.4, -0.2) is 0 Å². The monoisotopic (exact) mass is 275 g/mol. The molecule has 0 unspecified atom stereocenters. The fourth-order valence-electron chi connectivity index (χ4n) is 1.99. The molecule has 0 amide bonds. The third kappa shape index (κ3) is 3.58. The molecule has 0 saturated heterocycles. The lowest BCUT2D eigenvalue weighted by Gasteiger charge is -2.13. The summed E-state index contributed by atoms with van der Waals surface area (Å²) in [5.41, 5.74) is 9.19. The summed E-state index contributed by atoms with van der Waals surface area (Å²) in [6.07, 6.45) is 0. The van der Waals surface area contributed by atoms with Crippen LogP contribution in [0, 0.1) is 12.7 Å². The Labute approximate surface area is 118 Å². The highest BCUT2D eigenvalue weighted by Crippen LogP contribution is 2.31. The predicted molar refractivity (Wildman–Crippen MR) is 79.7 cm³/mol. The summed E-state index contributed by atoms with van der Waals surface area (Å²) in [5, 5.41) is 0. The van der Waals surface area contributed by atoms with E-state index in [1.165, 1.54) is 29.0 Å². The summed E-state index contributed by atoms with van der Waals surface area (Å²) in [4.78, 5) is 0.666. The molecule has 0 aliphatic rings. The van der Waals surface area contributed by atoms with E-state index in [4.69, 9.17) is 5.73 Å². The first-order valence-corrected chi connectivity index (χ1v) is 7.29. The van der Waals surface area contributed by atoms with E-state index < -0.39 is 0 Å². The van der Waals surface area contributed by atoms with E-state index in [1.54, 1.807) is 6.07 Å². The van der Waals surface area contributed by atoms with Crippen LogP contribution in [0.25, 0.3) is 0 Å². The van der Waals surface area contributed by atoms with Crippen LogP contribution in [0.4, 0.5) is 4.39 Å². The van der Waals surface area contributed by atoms with E-state index in [1.807, 2.05) is 19.1 Å². The minimum atomic E-state index is -0.188. The Morgan fingerprint density at radius 3 is 2.63 bits per heavy atom. The SMILES string of the molecule is Cc1cccc(CSc2c(F)cccc2[C@@H](C)N)c1. The highest BCUT2D eigenvalue weighted by Gasteiger charge is 2.12. The van der Waals surface area contributed by atoms with Crippen LogP contribution in [0.2, 0.25) is 0 Å². The van der Waals surface area contributed by atoms with Gasteiger partial charge in [0, 0.05) is 16.7 Å². The van der Waals surface area contributed by atoms with Crippen molar-refractivity contribution in [2.75, 3.05) is 0 Å². The zero-order valence-corrected chi connectivity index (χ0v) is 12.0. The number of thioether (sulfide) groups is 1. The first kappa shape index (κ1) is 14.1. The summed E-state index contributed by atoms with van der Waals surface area (Å²) < 4.78 is 13.9. The molecule has 0 aromatic heterocycles. The molecule has 2 aromatic rings. The quantitative estimate of drug-likeness (QED) is 0.834. The summed E-state index contributed by atoms with van der Waals surface area (Å²) >= 11 is 1.51. The number of benzene rings is 2. The molecule has 1 nitrogen and oxygen atoms in total. The molecular formula is C16H18FNS. The number of halogens is 1. The molecular weight excluding hydrogens is 257 g/mol. The molecule has 0 fully saturated rings. The van der Waals surface area contributed by atoms with Crippen molar-refractivity contribution in [2.24, 2.45) is 5.73 Å². The van der Waals surface area contributed by atoms with E-state index in [2.05, 4.69) is 25.1 Å². The lowest BCUT2D eigenvalue weighted by Crippen LogP contribution is -2.07. The van der Waals surface area contributed by atoms with Gasteiger partial charge in [0.05, 0.1) is 0 Å². The third-order valence-corrected chi connectivity index (χ3v) is 4.15. The predicted octanol–water partition coefficient (Wildman–Crippen LogP) is 4.45. The maximum absolute atomic E-state index is 13.9. The molecule has 0 saturated carbocycles. The largest absolute Gasteiger partial charge is 0.324 e. The number of aryl methyl sites for hydroxylation is 1. The Balaban J connectivity index is 2.19. The van der Waals surface area contributed by atoms with Gasteiger partial charge in [-0.25, -0.2) is 4.39 Å². The van der Waals surface area contributed by atoms with Crippen molar-refractivity contribution in [1.82, 2.24) is 0 Å². The lowest BCUT2D eigenvalue weighted by atomic mass is 10.1. The van der Waals surface area contributed by atoms with Crippen molar-refractivity contribution in [3.8, 4) is 0 Å². The average molecular weight is 275 g/mol. The second-order valence-corrected chi connectivity index (χ2v) is 5.71. The van der Waals surface area contributed by atoms with Crippen LogP contribution in [-0.2, 0) is 5.75 Å². The molecule has 0 heterocycles. The van der Waals surface area contributed by atoms with Gasteiger partial charge in [0.25, 0.3) is 0 Å². The topological polar surface area (TPSA) is 26.0 Å². The normalized spacial score (nSPS) is 12.4. The van der Waals surface area contributed by atoms with Crippen LogP contribution in [0.1, 0.15) is 29.7 Å². The van der Waals surface area contributed by atoms with Crippen molar-refractivity contribution in [1.29, 1.82) is 0 Å². The molecule has 1 atom stereocenters.